The first kappa shape index (κ1) is 23.4. The summed E-state index contributed by atoms with van der Waals surface area (Å²) in [7, 11) is 0. The van der Waals surface area contributed by atoms with Crippen LogP contribution in [0.1, 0.15) is 44.2 Å². The summed E-state index contributed by atoms with van der Waals surface area (Å²) in [4.78, 5) is 13.6. The van der Waals surface area contributed by atoms with Gasteiger partial charge in [0.15, 0.2) is 5.01 Å². The van der Waals surface area contributed by atoms with Crippen molar-refractivity contribution in [1.29, 1.82) is 0 Å². The summed E-state index contributed by atoms with van der Waals surface area (Å²) in [6.07, 6.45) is 4.97. The van der Waals surface area contributed by atoms with Gasteiger partial charge in [-0.15, -0.1) is 10.2 Å². The summed E-state index contributed by atoms with van der Waals surface area (Å²) >= 11 is 3.89. The largest absolute Gasteiger partial charge is 0.371 e. The molecule has 1 spiro atoms. The molecule has 4 heterocycles. The molecule has 6 rings (SSSR count). The Bertz CT molecular complexity index is 1240. The lowest BCUT2D eigenvalue weighted by Gasteiger charge is -2.35. The van der Waals surface area contributed by atoms with Crippen LogP contribution in [0.5, 0.6) is 0 Å². The maximum absolute atomic E-state index is 13.6. The maximum Gasteiger partial charge on any atom is 0.251 e. The predicted octanol–water partition coefficient (Wildman–Crippen LogP) is 6.19. The number of anilines is 2. The zero-order valence-electron chi connectivity index (χ0n) is 19.6. The SMILES string of the molecule is Cc1cc(-c2nnc(-c3ccc(I)cc3N3CCC4(CC3)CC4)s2)nc(N2CCC(F)(F)CC2)n1. The maximum atomic E-state index is 13.6. The van der Waals surface area contributed by atoms with E-state index < -0.39 is 5.92 Å². The van der Waals surface area contributed by atoms with Crippen molar-refractivity contribution in [1.82, 2.24) is 20.2 Å². The molecule has 1 aliphatic carbocycles. The van der Waals surface area contributed by atoms with Crippen molar-refractivity contribution in [3.63, 3.8) is 0 Å². The molecule has 0 radical (unpaired) electrons. The van der Waals surface area contributed by atoms with Crippen molar-refractivity contribution in [2.24, 2.45) is 5.41 Å². The second-order valence-corrected chi connectivity index (χ2v) is 12.3. The summed E-state index contributed by atoms with van der Waals surface area (Å²) in [6, 6.07) is 8.40. The van der Waals surface area contributed by atoms with Crippen molar-refractivity contribution in [3.8, 4) is 21.3 Å². The fourth-order valence-corrected chi connectivity index (χ4v) is 6.43. The molecule has 3 fully saturated rings. The molecule has 0 atom stereocenters. The van der Waals surface area contributed by atoms with E-state index in [4.69, 9.17) is 4.98 Å². The number of benzene rings is 1. The number of hydrogen-bond acceptors (Lipinski definition) is 7. The second-order valence-electron chi connectivity index (χ2n) is 10.1. The Morgan fingerprint density at radius 1 is 0.857 bits per heavy atom. The van der Waals surface area contributed by atoms with Crippen LogP contribution >= 0.6 is 33.9 Å². The van der Waals surface area contributed by atoms with Crippen molar-refractivity contribution in [3.05, 3.63) is 33.5 Å². The molecule has 3 aromatic rings. The quantitative estimate of drug-likeness (QED) is 0.330. The minimum atomic E-state index is -2.60. The van der Waals surface area contributed by atoms with E-state index in [0.717, 1.165) is 29.4 Å². The van der Waals surface area contributed by atoms with E-state index in [9.17, 15) is 8.78 Å². The standard InChI is InChI=1S/C25H27F2IN6S/c1-16-14-19(30-23(29-16)34-12-8-25(26,27)9-13-34)22-32-31-21(35-22)18-3-2-17(28)15-20(18)33-10-6-24(4-5-24)7-11-33/h2-3,14-15H,4-13H2,1H3. The minimum Gasteiger partial charge on any atom is -0.371 e. The van der Waals surface area contributed by atoms with Gasteiger partial charge in [-0.1, -0.05) is 11.3 Å². The number of nitrogens with zero attached hydrogens (tertiary/aromatic N) is 6. The Labute approximate surface area is 221 Å². The molecule has 1 saturated carbocycles. The molecule has 2 aliphatic heterocycles. The molecule has 1 aromatic carbocycles. The van der Waals surface area contributed by atoms with Crippen molar-refractivity contribution < 1.29 is 8.78 Å². The zero-order chi connectivity index (χ0) is 24.2. The molecule has 0 bridgehead atoms. The van der Waals surface area contributed by atoms with Gasteiger partial charge in [0.05, 0.1) is 0 Å². The number of hydrogen-bond donors (Lipinski definition) is 0. The van der Waals surface area contributed by atoms with Crippen LogP contribution in [0.2, 0.25) is 0 Å². The van der Waals surface area contributed by atoms with Gasteiger partial charge in [-0.3, -0.25) is 0 Å². The highest BCUT2D eigenvalue weighted by Crippen LogP contribution is 2.54. The van der Waals surface area contributed by atoms with Gasteiger partial charge < -0.3 is 9.80 Å². The second kappa shape index (κ2) is 8.86. The first-order valence-corrected chi connectivity index (χ1v) is 14.1. The van der Waals surface area contributed by atoms with Gasteiger partial charge in [0, 0.05) is 59.5 Å². The lowest BCUT2D eigenvalue weighted by Crippen LogP contribution is -2.40. The topological polar surface area (TPSA) is 58.0 Å². The molecule has 3 aliphatic rings. The third-order valence-corrected chi connectivity index (χ3v) is 9.23. The Kier molecular flexibility index (Phi) is 5.94. The van der Waals surface area contributed by atoms with Crippen LogP contribution in [-0.4, -0.2) is 52.3 Å². The molecule has 0 amide bonds. The molecule has 6 nitrogen and oxygen atoms in total. The summed E-state index contributed by atoms with van der Waals surface area (Å²) < 4.78 is 28.5. The van der Waals surface area contributed by atoms with Crippen molar-refractivity contribution in [2.75, 3.05) is 36.0 Å². The smallest absolute Gasteiger partial charge is 0.251 e. The monoisotopic (exact) mass is 608 g/mol. The van der Waals surface area contributed by atoms with Gasteiger partial charge in [-0.2, -0.15) is 0 Å². The number of aromatic nitrogens is 4. The number of aryl methyl sites for hydroxylation is 1. The normalized spacial score (nSPS) is 20.9. The van der Waals surface area contributed by atoms with Gasteiger partial charge in [0.1, 0.15) is 10.7 Å². The predicted molar refractivity (Wildman–Crippen MR) is 143 cm³/mol. The Balaban J connectivity index is 1.28. The van der Waals surface area contributed by atoms with E-state index in [1.165, 1.54) is 46.3 Å². The minimum absolute atomic E-state index is 0.171. The fourth-order valence-electron chi connectivity index (χ4n) is 5.12. The molecular weight excluding hydrogens is 581 g/mol. The Morgan fingerprint density at radius 3 is 2.26 bits per heavy atom. The number of piperidine rings is 2. The first-order valence-electron chi connectivity index (χ1n) is 12.2. The molecular formula is C25H27F2IN6S. The van der Waals surface area contributed by atoms with Crippen LogP contribution in [0, 0.1) is 15.9 Å². The van der Waals surface area contributed by atoms with Crippen LogP contribution in [0.3, 0.4) is 0 Å². The molecule has 0 unspecified atom stereocenters. The lowest BCUT2D eigenvalue weighted by molar-refractivity contribution is -0.0222. The van der Waals surface area contributed by atoms with Crippen LogP contribution in [-0.2, 0) is 0 Å². The van der Waals surface area contributed by atoms with Crippen LogP contribution < -0.4 is 9.80 Å². The molecule has 10 heteroatoms. The van der Waals surface area contributed by atoms with E-state index in [1.54, 1.807) is 0 Å². The number of rotatable bonds is 4. The van der Waals surface area contributed by atoms with Gasteiger partial charge >= 0.3 is 0 Å². The van der Waals surface area contributed by atoms with Gasteiger partial charge in [-0.25, -0.2) is 18.7 Å². The van der Waals surface area contributed by atoms with E-state index in [-0.39, 0.29) is 25.9 Å². The average molecular weight is 609 g/mol. The van der Waals surface area contributed by atoms with E-state index in [1.807, 2.05) is 17.9 Å². The fraction of sp³-hybridized carbons (Fsp3) is 0.520. The third kappa shape index (κ3) is 4.87. The highest BCUT2D eigenvalue weighted by molar-refractivity contribution is 14.1. The summed E-state index contributed by atoms with van der Waals surface area (Å²) in [6.45, 7) is 4.57. The van der Waals surface area contributed by atoms with Crippen molar-refractivity contribution >= 4 is 45.6 Å². The summed E-state index contributed by atoms with van der Waals surface area (Å²) in [5, 5.41) is 10.6. The average Bonchev–Trinajstić information content (AvgIpc) is 3.39. The van der Waals surface area contributed by atoms with Crippen LogP contribution in [0.15, 0.2) is 24.3 Å². The Morgan fingerprint density at radius 2 is 1.54 bits per heavy atom. The zero-order valence-corrected chi connectivity index (χ0v) is 22.6. The highest BCUT2D eigenvalue weighted by Gasteiger charge is 2.44. The molecule has 184 valence electrons. The summed E-state index contributed by atoms with van der Waals surface area (Å²) in [5.74, 6) is -2.11. The summed E-state index contributed by atoms with van der Waals surface area (Å²) in [5.41, 5.74) is 4.43. The van der Waals surface area contributed by atoms with Crippen molar-refractivity contribution in [2.45, 2.75) is 51.4 Å². The van der Waals surface area contributed by atoms with Gasteiger partial charge in [0.2, 0.25) is 5.95 Å². The first-order chi connectivity index (χ1) is 16.8. The van der Waals surface area contributed by atoms with Gasteiger partial charge in [-0.05, 0) is 84.9 Å². The van der Waals surface area contributed by atoms with E-state index >= 15 is 0 Å². The molecule has 2 aromatic heterocycles. The molecule has 35 heavy (non-hydrogen) atoms. The van der Waals surface area contributed by atoms with Gasteiger partial charge in [0.25, 0.3) is 5.92 Å². The van der Waals surface area contributed by atoms with Crippen LogP contribution in [0.25, 0.3) is 21.3 Å². The molecule has 0 N–H and O–H groups in total. The highest BCUT2D eigenvalue weighted by atomic mass is 127. The number of alkyl halides is 2. The van der Waals surface area contributed by atoms with E-state index in [2.05, 4.69) is 60.9 Å². The lowest BCUT2D eigenvalue weighted by atomic mass is 9.93. The number of halogens is 3. The van der Waals surface area contributed by atoms with Crippen LogP contribution in [0.4, 0.5) is 20.4 Å². The third-order valence-electron chi connectivity index (χ3n) is 7.58. The Hall–Kier alpha value is -1.95. The van der Waals surface area contributed by atoms with E-state index in [0.29, 0.717) is 22.1 Å². The molecule has 2 saturated heterocycles.